The van der Waals surface area contributed by atoms with E-state index in [0.717, 1.165) is 6.07 Å². The number of carbonyl (C=O) groups is 2. The Morgan fingerprint density at radius 3 is 2.55 bits per heavy atom. The lowest BCUT2D eigenvalue weighted by Gasteiger charge is -2.18. The van der Waals surface area contributed by atoms with E-state index >= 15 is 0 Å². The number of ether oxygens (including phenoxy) is 2. The Hall–Kier alpha value is -4.64. The summed E-state index contributed by atoms with van der Waals surface area (Å²) in [7, 11) is 0. The number of rotatable bonds is 7. The quantitative estimate of drug-likeness (QED) is 0.311. The number of pyridine rings is 2. The zero-order chi connectivity index (χ0) is 27.7. The number of aliphatic hydroxyl groups is 1. The zero-order valence-corrected chi connectivity index (χ0v) is 20.6. The summed E-state index contributed by atoms with van der Waals surface area (Å²) in [5.41, 5.74) is 3.70. The van der Waals surface area contributed by atoms with Gasteiger partial charge in [-0.1, -0.05) is 18.2 Å². The lowest BCUT2D eigenvalue weighted by molar-refractivity contribution is -0.126. The topological polar surface area (TPSA) is 145 Å². The number of primary amides is 1. The van der Waals surface area contributed by atoms with Gasteiger partial charge in [-0.2, -0.15) is 0 Å². The van der Waals surface area contributed by atoms with Gasteiger partial charge in [0.05, 0.1) is 28.9 Å². The van der Waals surface area contributed by atoms with Gasteiger partial charge >= 0.3 is 5.97 Å². The molecule has 2 heterocycles. The number of nitrogens with two attached hydrogens (primary N) is 1. The fourth-order valence-corrected chi connectivity index (χ4v) is 4.01. The maximum absolute atomic E-state index is 14.3. The molecule has 4 aromatic rings. The summed E-state index contributed by atoms with van der Waals surface area (Å²) in [6.07, 6.45) is -1.99. The second kappa shape index (κ2) is 10.4. The van der Waals surface area contributed by atoms with Crippen LogP contribution in [0.2, 0.25) is 0 Å². The first kappa shape index (κ1) is 26.4. The Kier molecular flexibility index (Phi) is 7.22. The molecular weight excluding hydrogens is 500 g/mol. The number of H-pyrrole nitrogens is 1. The van der Waals surface area contributed by atoms with Gasteiger partial charge in [0.2, 0.25) is 11.3 Å². The number of esters is 1. The van der Waals surface area contributed by atoms with E-state index in [4.69, 9.17) is 15.2 Å². The summed E-state index contributed by atoms with van der Waals surface area (Å²) in [6.45, 7) is 4.20. The number of para-hydroxylation sites is 1. The molecule has 0 radical (unpaired) electrons. The Balaban J connectivity index is 2.05. The predicted octanol–water partition coefficient (Wildman–Crippen LogP) is 3.97. The van der Waals surface area contributed by atoms with Crippen LogP contribution in [0.1, 0.15) is 40.2 Å². The van der Waals surface area contributed by atoms with Crippen LogP contribution in [-0.2, 0) is 9.53 Å². The third kappa shape index (κ3) is 4.71. The van der Waals surface area contributed by atoms with Crippen molar-refractivity contribution in [2.45, 2.75) is 26.9 Å². The van der Waals surface area contributed by atoms with Crippen molar-refractivity contribution in [1.82, 2.24) is 9.97 Å². The van der Waals surface area contributed by atoms with Gasteiger partial charge in [0.1, 0.15) is 11.3 Å². The molecule has 38 heavy (non-hydrogen) atoms. The molecule has 196 valence electrons. The van der Waals surface area contributed by atoms with Crippen molar-refractivity contribution in [3.05, 3.63) is 86.7 Å². The second-order valence-electron chi connectivity index (χ2n) is 8.39. The van der Waals surface area contributed by atoms with Gasteiger partial charge in [0.15, 0.2) is 17.7 Å². The van der Waals surface area contributed by atoms with Gasteiger partial charge in [-0.15, -0.1) is 0 Å². The molecule has 0 saturated carbocycles. The van der Waals surface area contributed by atoms with Crippen molar-refractivity contribution in [2.75, 3.05) is 6.61 Å². The van der Waals surface area contributed by atoms with Crippen LogP contribution in [0.4, 0.5) is 8.78 Å². The molecule has 0 aliphatic carbocycles. The van der Waals surface area contributed by atoms with Crippen molar-refractivity contribution in [1.29, 1.82) is 0 Å². The van der Waals surface area contributed by atoms with Crippen LogP contribution in [0.25, 0.3) is 22.2 Å². The Bertz CT molecular complexity index is 1650. The molecule has 2 aromatic carbocycles. The van der Waals surface area contributed by atoms with E-state index in [9.17, 15) is 28.3 Å². The minimum absolute atomic E-state index is 0.0486. The van der Waals surface area contributed by atoms with Crippen LogP contribution in [0.5, 0.6) is 11.6 Å². The maximum atomic E-state index is 14.3. The minimum atomic E-state index is -1.99. The van der Waals surface area contributed by atoms with E-state index in [2.05, 4.69) is 9.97 Å². The van der Waals surface area contributed by atoms with Gasteiger partial charge in [-0.3, -0.25) is 9.59 Å². The molecule has 9 nitrogen and oxygen atoms in total. The van der Waals surface area contributed by atoms with Gasteiger partial charge in [0, 0.05) is 16.6 Å². The smallest absolute Gasteiger partial charge is 0.344 e. The molecule has 2 aromatic heterocycles. The third-order valence-corrected chi connectivity index (χ3v) is 5.92. The summed E-state index contributed by atoms with van der Waals surface area (Å²) in [5, 5.41) is 10.9. The van der Waals surface area contributed by atoms with Gasteiger partial charge in [-0.05, 0) is 45.0 Å². The summed E-state index contributed by atoms with van der Waals surface area (Å²) >= 11 is 0. The summed E-state index contributed by atoms with van der Waals surface area (Å²) in [6, 6.07) is 10.6. The van der Waals surface area contributed by atoms with E-state index < -0.39 is 46.2 Å². The van der Waals surface area contributed by atoms with Crippen molar-refractivity contribution in [3.63, 3.8) is 0 Å². The molecule has 0 saturated heterocycles. The summed E-state index contributed by atoms with van der Waals surface area (Å²) in [5.74, 6) is -4.58. The molecule has 0 fully saturated rings. The fourth-order valence-electron chi connectivity index (χ4n) is 4.01. The molecule has 4 N–H and O–H groups in total. The average Bonchev–Trinajstić information content (AvgIpc) is 2.88. The molecular formula is C27H23F2N3O6. The summed E-state index contributed by atoms with van der Waals surface area (Å²) in [4.78, 5) is 45.5. The van der Waals surface area contributed by atoms with Crippen LogP contribution in [-0.4, -0.2) is 33.6 Å². The number of aliphatic hydroxyl groups excluding tert-OH is 1. The van der Waals surface area contributed by atoms with E-state index in [-0.39, 0.29) is 40.8 Å². The lowest BCUT2D eigenvalue weighted by atomic mass is 9.98. The largest absolute Gasteiger partial charge is 0.462 e. The first-order valence-electron chi connectivity index (χ1n) is 11.5. The Labute approximate surface area is 214 Å². The number of aromatic nitrogens is 2. The number of halogens is 2. The first-order chi connectivity index (χ1) is 18.0. The number of nitrogens with zero attached hydrogens (tertiary/aromatic N) is 1. The van der Waals surface area contributed by atoms with Crippen LogP contribution >= 0.6 is 0 Å². The monoisotopic (exact) mass is 523 g/mol. The molecule has 0 aliphatic heterocycles. The Morgan fingerprint density at radius 2 is 1.87 bits per heavy atom. The zero-order valence-electron chi connectivity index (χ0n) is 20.6. The second-order valence-corrected chi connectivity index (χ2v) is 8.39. The fraction of sp³-hybridized carbons (Fsp3) is 0.185. The molecule has 0 spiro atoms. The highest BCUT2D eigenvalue weighted by Gasteiger charge is 2.30. The standard InChI is InChI=1S/C27H23F2N3O6/c1-4-37-27(36)20-22(31-13(3)19(23(20)33)24(34)25(30)35)15-11-14-7-5-6-8-17(14)32-26(15)38-18-10-9-16(28)21(29)12(18)2/h5-11,24,34H,4H2,1-3H3,(H2,30,35)(H,31,33)/t24-/m0/s1. The van der Waals surface area contributed by atoms with E-state index in [0.29, 0.717) is 10.9 Å². The SMILES string of the molecule is CCOC(=O)c1c(-c2cc3ccccc3nc2Oc2ccc(F)c(F)c2C)[nH]c(C)c([C@H](O)C(N)=O)c1=O. The molecule has 4 rings (SSSR count). The third-order valence-electron chi connectivity index (χ3n) is 5.92. The molecule has 1 amide bonds. The van der Waals surface area contributed by atoms with Crippen molar-refractivity contribution < 1.29 is 33.0 Å². The van der Waals surface area contributed by atoms with Crippen LogP contribution < -0.4 is 15.9 Å². The molecule has 0 bridgehead atoms. The predicted molar refractivity (Wildman–Crippen MR) is 134 cm³/mol. The van der Waals surface area contributed by atoms with Crippen molar-refractivity contribution >= 4 is 22.8 Å². The highest BCUT2D eigenvalue weighted by atomic mass is 19.2. The lowest BCUT2D eigenvalue weighted by Crippen LogP contribution is -2.31. The van der Waals surface area contributed by atoms with Crippen molar-refractivity contribution in [3.8, 4) is 22.9 Å². The van der Waals surface area contributed by atoms with Gasteiger partial charge in [0.25, 0.3) is 5.91 Å². The number of carbonyl (C=O) groups excluding carboxylic acids is 2. The number of aryl methyl sites for hydroxylation is 1. The number of nitrogens with one attached hydrogen (secondary N) is 1. The molecule has 0 unspecified atom stereocenters. The van der Waals surface area contributed by atoms with E-state index in [1.165, 1.54) is 26.8 Å². The first-order valence-corrected chi connectivity index (χ1v) is 11.5. The van der Waals surface area contributed by atoms with E-state index in [1.54, 1.807) is 30.3 Å². The van der Waals surface area contributed by atoms with Gasteiger partial charge in [-0.25, -0.2) is 18.6 Å². The summed E-state index contributed by atoms with van der Waals surface area (Å²) < 4.78 is 39.0. The Morgan fingerprint density at radius 1 is 1.16 bits per heavy atom. The number of aromatic amines is 1. The normalized spacial score (nSPS) is 11.8. The number of hydrogen-bond donors (Lipinski definition) is 3. The van der Waals surface area contributed by atoms with Gasteiger partial charge < -0.3 is 25.3 Å². The minimum Gasteiger partial charge on any atom is -0.462 e. The number of hydrogen-bond acceptors (Lipinski definition) is 7. The molecule has 11 heteroatoms. The maximum Gasteiger partial charge on any atom is 0.344 e. The number of amides is 1. The number of benzene rings is 2. The highest BCUT2D eigenvalue weighted by Crippen LogP contribution is 2.37. The van der Waals surface area contributed by atoms with E-state index in [1.807, 2.05) is 0 Å². The molecule has 0 aliphatic rings. The number of fused-ring (bicyclic) bond motifs is 1. The van der Waals surface area contributed by atoms with Crippen LogP contribution in [0.15, 0.2) is 47.3 Å². The van der Waals surface area contributed by atoms with Crippen LogP contribution in [0, 0.1) is 25.5 Å². The van der Waals surface area contributed by atoms with Crippen LogP contribution in [0.3, 0.4) is 0 Å². The van der Waals surface area contributed by atoms with Crippen molar-refractivity contribution in [2.24, 2.45) is 5.73 Å². The average molecular weight is 523 g/mol. The highest BCUT2D eigenvalue weighted by molar-refractivity contribution is 5.99. The molecule has 1 atom stereocenters.